The number of aromatic carboxylic acids is 1. The van der Waals surface area contributed by atoms with Crippen molar-refractivity contribution < 1.29 is 24.2 Å². The van der Waals surface area contributed by atoms with Crippen molar-refractivity contribution in [3.8, 4) is 11.5 Å². The van der Waals surface area contributed by atoms with Crippen LogP contribution >= 0.6 is 11.3 Å². The first-order valence-corrected chi connectivity index (χ1v) is 7.74. The van der Waals surface area contributed by atoms with Gasteiger partial charge in [-0.2, -0.15) is 5.10 Å². The Hall–Kier alpha value is -2.87. The third kappa shape index (κ3) is 4.82. The molecule has 2 N–H and O–H groups in total. The first kappa shape index (κ1) is 17.5. The summed E-state index contributed by atoms with van der Waals surface area (Å²) in [5.74, 6) is -0.170. The summed E-state index contributed by atoms with van der Waals surface area (Å²) in [5.41, 5.74) is 2.89. The summed E-state index contributed by atoms with van der Waals surface area (Å²) in [6.45, 7) is 1.50. The molecule has 0 spiro atoms. The number of rotatable bonds is 7. The number of carboxylic acid groups (broad SMARTS) is 1. The normalized spacial score (nSPS) is 11.0. The Bertz CT molecular complexity index is 752. The van der Waals surface area contributed by atoms with Crippen molar-refractivity contribution in [2.24, 2.45) is 5.10 Å². The molecule has 8 heteroatoms. The number of nitrogens with zero attached hydrogens (tertiary/aromatic N) is 1. The van der Waals surface area contributed by atoms with Gasteiger partial charge >= 0.3 is 5.97 Å². The fraction of sp³-hybridized carbons (Fsp3) is 0.188. The van der Waals surface area contributed by atoms with Crippen molar-refractivity contribution in [1.82, 2.24) is 5.43 Å². The van der Waals surface area contributed by atoms with Crippen molar-refractivity contribution in [2.45, 2.75) is 6.92 Å². The van der Waals surface area contributed by atoms with Gasteiger partial charge in [-0.3, -0.25) is 4.79 Å². The number of thiophene rings is 1. The highest BCUT2D eigenvalue weighted by Gasteiger charge is 2.09. The van der Waals surface area contributed by atoms with E-state index in [2.05, 4.69) is 10.5 Å². The Balaban J connectivity index is 1.85. The Morgan fingerprint density at radius 1 is 1.12 bits per heavy atom. The number of carboxylic acids is 1. The number of nitrogens with one attached hydrogen (secondary N) is 1. The number of hydrogen-bond donors (Lipinski definition) is 2. The zero-order valence-corrected chi connectivity index (χ0v) is 13.9. The van der Waals surface area contributed by atoms with Gasteiger partial charge in [0.1, 0.15) is 16.4 Å². The van der Waals surface area contributed by atoms with Crippen molar-refractivity contribution in [3.05, 3.63) is 46.2 Å². The standard InChI is InChI=1S/C16H16N2O5S/c1-10(13-7-8-14(24-13)16(20)21)17-18-15(19)9-23-12-5-3-11(22-2)4-6-12/h3-8H,9H2,1-2H3,(H,18,19)(H,20,21)/b17-10-. The second-order valence-electron chi connectivity index (χ2n) is 4.67. The Morgan fingerprint density at radius 3 is 2.33 bits per heavy atom. The van der Waals surface area contributed by atoms with Crippen LogP contribution < -0.4 is 14.9 Å². The number of hydrogen-bond acceptors (Lipinski definition) is 6. The molecule has 1 amide bonds. The SMILES string of the molecule is COc1ccc(OCC(=O)N/N=C(/C)c2ccc(C(=O)O)s2)cc1. The third-order valence-electron chi connectivity index (χ3n) is 2.95. The van der Waals surface area contributed by atoms with E-state index in [1.807, 2.05) is 0 Å². The van der Waals surface area contributed by atoms with Crippen molar-refractivity contribution in [3.63, 3.8) is 0 Å². The average molecular weight is 348 g/mol. The van der Waals surface area contributed by atoms with E-state index in [0.717, 1.165) is 11.3 Å². The first-order chi connectivity index (χ1) is 11.5. The van der Waals surface area contributed by atoms with Gasteiger partial charge in [-0.1, -0.05) is 0 Å². The lowest BCUT2D eigenvalue weighted by molar-refractivity contribution is -0.123. The van der Waals surface area contributed by atoms with Gasteiger partial charge in [0.25, 0.3) is 5.91 Å². The summed E-state index contributed by atoms with van der Waals surface area (Å²) in [6.07, 6.45) is 0. The van der Waals surface area contributed by atoms with Crippen LogP contribution in [-0.2, 0) is 4.79 Å². The fourth-order valence-corrected chi connectivity index (χ4v) is 2.49. The smallest absolute Gasteiger partial charge is 0.345 e. The maximum Gasteiger partial charge on any atom is 0.345 e. The van der Waals surface area contributed by atoms with Gasteiger partial charge < -0.3 is 14.6 Å². The molecule has 0 fully saturated rings. The number of carbonyl (C=O) groups is 2. The van der Waals surface area contributed by atoms with E-state index in [1.54, 1.807) is 44.4 Å². The summed E-state index contributed by atoms with van der Waals surface area (Å²) in [5, 5.41) is 12.8. The maximum atomic E-state index is 11.7. The van der Waals surface area contributed by atoms with Gasteiger partial charge in [0.15, 0.2) is 6.61 Å². The molecule has 2 aromatic rings. The summed E-state index contributed by atoms with van der Waals surface area (Å²) < 4.78 is 10.4. The van der Waals surface area contributed by atoms with Crippen LogP contribution in [0.3, 0.4) is 0 Å². The van der Waals surface area contributed by atoms with E-state index in [4.69, 9.17) is 14.6 Å². The molecule has 2 rings (SSSR count). The highest BCUT2D eigenvalue weighted by atomic mass is 32.1. The summed E-state index contributed by atoms with van der Waals surface area (Å²) in [4.78, 5) is 23.5. The topological polar surface area (TPSA) is 97.2 Å². The van der Waals surface area contributed by atoms with Gasteiger partial charge in [-0.15, -0.1) is 11.3 Å². The summed E-state index contributed by atoms with van der Waals surface area (Å²) >= 11 is 1.09. The number of methoxy groups -OCH3 is 1. The molecule has 0 aliphatic heterocycles. The number of carbonyl (C=O) groups excluding carboxylic acids is 1. The van der Waals surface area contributed by atoms with E-state index in [1.165, 1.54) is 6.07 Å². The lowest BCUT2D eigenvalue weighted by Gasteiger charge is -2.06. The third-order valence-corrected chi connectivity index (χ3v) is 4.13. The van der Waals surface area contributed by atoms with E-state index in [-0.39, 0.29) is 11.5 Å². The minimum absolute atomic E-state index is 0.187. The van der Waals surface area contributed by atoms with Crippen LogP contribution in [0.4, 0.5) is 0 Å². The molecule has 0 bridgehead atoms. The second-order valence-corrected chi connectivity index (χ2v) is 5.75. The monoisotopic (exact) mass is 348 g/mol. The van der Waals surface area contributed by atoms with E-state index in [9.17, 15) is 9.59 Å². The molecule has 126 valence electrons. The van der Waals surface area contributed by atoms with Crippen LogP contribution in [-0.4, -0.2) is 36.4 Å². The summed E-state index contributed by atoms with van der Waals surface area (Å²) in [7, 11) is 1.57. The maximum absolute atomic E-state index is 11.7. The molecular weight excluding hydrogens is 332 g/mol. The molecule has 0 saturated heterocycles. The van der Waals surface area contributed by atoms with E-state index >= 15 is 0 Å². The van der Waals surface area contributed by atoms with Crippen LogP contribution in [0, 0.1) is 0 Å². The molecular formula is C16H16N2O5S. The molecule has 0 saturated carbocycles. The van der Waals surface area contributed by atoms with Gasteiger partial charge in [0.05, 0.1) is 17.7 Å². The molecule has 1 aromatic carbocycles. The first-order valence-electron chi connectivity index (χ1n) is 6.93. The molecule has 0 aliphatic rings. The Labute approximate surface area is 142 Å². The van der Waals surface area contributed by atoms with Crippen LogP contribution in [0.2, 0.25) is 0 Å². The lowest BCUT2D eigenvalue weighted by atomic mass is 10.3. The number of amides is 1. The highest BCUT2D eigenvalue weighted by Crippen LogP contribution is 2.18. The van der Waals surface area contributed by atoms with Crippen LogP contribution in [0.25, 0.3) is 0 Å². The fourth-order valence-electron chi connectivity index (χ4n) is 1.70. The highest BCUT2D eigenvalue weighted by molar-refractivity contribution is 7.15. The molecule has 0 radical (unpaired) electrons. The predicted molar refractivity (Wildman–Crippen MR) is 90.1 cm³/mol. The number of ether oxygens (including phenoxy) is 2. The van der Waals surface area contributed by atoms with E-state index < -0.39 is 11.9 Å². The molecule has 0 aliphatic carbocycles. The van der Waals surface area contributed by atoms with Gasteiger partial charge in [0, 0.05) is 0 Å². The minimum atomic E-state index is -0.990. The van der Waals surface area contributed by atoms with Crippen molar-refractivity contribution in [2.75, 3.05) is 13.7 Å². The van der Waals surface area contributed by atoms with Gasteiger partial charge in [0.2, 0.25) is 0 Å². The number of hydrazone groups is 1. The van der Waals surface area contributed by atoms with Crippen LogP contribution in [0.5, 0.6) is 11.5 Å². The van der Waals surface area contributed by atoms with Crippen LogP contribution in [0.15, 0.2) is 41.5 Å². The predicted octanol–water partition coefficient (Wildman–Crippen LogP) is 2.37. The number of benzene rings is 1. The average Bonchev–Trinajstić information content (AvgIpc) is 3.08. The van der Waals surface area contributed by atoms with Crippen LogP contribution in [0.1, 0.15) is 21.5 Å². The lowest BCUT2D eigenvalue weighted by Crippen LogP contribution is -2.25. The molecule has 24 heavy (non-hydrogen) atoms. The quantitative estimate of drug-likeness (QED) is 0.591. The largest absolute Gasteiger partial charge is 0.497 e. The van der Waals surface area contributed by atoms with Gasteiger partial charge in [-0.05, 0) is 43.3 Å². The zero-order chi connectivity index (χ0) is 17.5. The van der Waals surface area contributed by atoms with Crippen molar-refractivity contribution >= 4 is 28.9 Å². The Morgan fingerprint density at radius 2 is 1.75 bits per heavy atom. The second kappa shape index (κ2) is 8.11. The molecule has 1 aromatic heterocycles. The van der Waals surface area contributed by atoms with Gasteiger partial charge in [-0.25, -0.2) is 10.2 Å². The minimum Gasteiger partial charge on any atom is -0.497 e. The van der Waals surface area contributed by atoms with Crippen molar-refractivity contribution in [1.29, 1.82) is 0 Å². The zero-order valence-electron chi connectivity index (χ0n) is 13.1. The summed E-state index contributed by atoms with van der Waals surface area (Å²) in [6, 6.07) is 9.99. The molecule has 0 atom stereocenters. The molecule has 7 nitrogen and oxygen atoms in total. The van der Waals surface area contributed by atoms with E-state index in [0.29, 0.717) is 22.1 Å². The Kier molecular flexibility index (Phi) is 5.91. The molecule has 0 unspecified atom stereocenters. The molecule has 1 heterocycles.